The highest BCUT2D eigenvalue weighted by molar-refractivity contribution is 5.46. The molecule has 1 aromatic carbocycles. The lowest BCUT2D eigenvalue weighted by Gasteiger charge is -2.35. The number of anilines is 1. The minimum atomic E-state index is 0.843. The predicted octanol–water partition coefficient (Wildman–Crippen LogP) is 1.41. The third kappa shape index (κ3) is 3.39. The molecule has 6 nitrogen and oxygen atoms in total. The van der Waals surface area contributed by atoms with Gasteiger partial charge in [0, 0.05) is 38.4 Å². The SMILES string of the molecule is CCCn1nnnc1CN1CCN(c2ccccc2)CC1. The molecule has 0 unspecified atom stereocenters. The zero-order chi connectivity index (χ0) is 14.5. The summed E-state index contributed by atoms with van der Waals surface area (Å²) in [5, 5.41) is 12.0. The van der Waals surface area contributed by atoms with Crippen LogP contribution in [0, 0.1) is 0 Å². The number of aryl methyl sites for hydroxylation is 1. The summed E-state index contributed by atoms with van der Waals surface area (Å²) < 4.78 is 1.92. The monoisotopic (exact) mass is 286 g/mol. The topological polar surface area (TPSA) is 50.1 Å². The molecule has 2 aromatic rings. The fraction of sp³-hybridized carbons (Fsp3) is 0.533. The Hall–Kier alpha value is -1.95. The van der Waals surface area contributed by atoms with Crippen molar-refractivity contribution in [3.8, 4) is 0 Å². The van der Waals surface area contributed by atoms with Gasteiger partial charge in [-0.3, -0.25) is 4.90 Å². The standard InChI is InChI=1S/C15H22N6/c1-2-8-21-15(16-17-18-21)13-19-9-11-20(12-10-19)14-6-4-3-5-7-14/h3-7H,2,8-13H2,1H3. The van der Waals surface area contributed by atoms with Crippen molar-refractivity contribution in [2.45, 2.75) is 26.4 Å². The van der Waals surface area contributed by atoms with E-state index in [1.807, 2.05) is 4.68 Å². The van der Waals surface area contributed by atoms with E-state index in [-0.39, 0.29) is 0 Å². The Bertz CT molecular complexity index is 544. The molecule has 1 aromatic heterocycles. The third-order valence-corrected chi connectivity index (χ3v) is 3.90. The summed E-state index contributed by atoms with van der Waals surface area (Å²) in [6.45, 7) is 8.09. The van der Waals surface area contributed by atoms with Gasteiger partial charge in [0.1, 0.15) is 0 Å². The molecule has 0 saturated carbocycles. The van der Waals surface area contributed by atoms with E-state index in [1.54, 1.807) is 0 Å². The number of piperazine rings is 1. The van der Waals surface area contributed by atoms with Gasteiger partial charge >= 0.3 is 0 Å². The van der Waals surface area contributed by atoms with Crippen molar-refractivity contribution in [1.82, 2.24) is 25.1 Å². The van der Waals surface area contributed by atoms with Crippen LogP contribution in [0.25, 0.3) is 0 Å². The maximum absolute atomic E-state index is 4.15. The average molecular weight is 286 g/mol. The van der Waals surface area contributed by atoms with Crippen molar-refractivity contribution in [2.24, 2.45) is 0 Å². The molecule has 0 atom stereocenters. The first-order valence-electron chi connectivity index (χ1n) is 7.64. The summed E-state index contributed by atoms with van der Waals surface area (Å²) >= 11 is 0. The van der Waals surface area contributed by atoms with Crippen molar-refractivity contribution < 1.29 is 0 Å². The second-order valence-corrected chi connectivity index (χ2v) is 5.42. The van der Waals surface area contributed by atoms with Gasteiger partial charge in [-0.1, -0.05) is 25.1 Å². The van der Waals surface area contributed by atoms with Crippen LogP contribution in [0.4, 0.5) is 5.69 Å². The molecule has 1 fully saturated rings. The fourth-order valence-electron chi connectivity index (χ4n) is 2.72. The Balaban J connectivity index is 1.55. The van der Waals surface area contributed by atoms with Gasteiger partial charge in [-0.05, 0) is 29.0 Å². The van der Waals surface area contributed by atoms with Crippen molar-refractivity contribution >= 4 is 5.69 Å². The van der Waals surface area contributed by atoms with Gasteiger partial charge in [0.2, 0.25) is 0 Å². The molecule has 0 amide bonds. The van der Waals surface area contributed by atoms with Gasteiger partial charge < -0.3 is 4.90 Å². The molecule has 3 rings (SSSR count). The van der Waals surface area contributed by atoms with Crippen LogP contribution in [0.5, 0.6) is 0 Å². The second kappa shape index (κ2) is 6.67. The van der Waals surface area contributed by atoms with E-state index in [2.05, 4.69) is 62.6 Å². The summed E-state index contributed by atoms with van der Waals surface area (Å²) in [7, 11) is 0. The fourth-order valence-corrected chi connectivity index (χ4v) is 2.72. The van der Waals surface area contributed by atoms with Crippen LogP contribution in [0.3, 0.4) is 0 Å². The third-order valence-electron chi connectivity index (χ3n) is 3.90. The Morgan fingerprint density at radius 3 is 2.52 bits per heavy atom. The number of hydrogen-bond acceptors (Lipinski definition) is 5. The lowest BCUT2D eigenvalue weighted by molar-refractivity contribution is 0.239. The van der Waals surface area contributed by atoms with E-state index in [4.69, 9.17) is 0 Å². The average Bonchev–Trinajstić information content (AvgIpc) is 2.96. The van der Waals surface area contributed by atoms with Crippen LogP contribution in [0.15, 0.2) is 30.3 Å². The van der Waals surface area contributed by atoms with E-state index in [1.165, 1.54) is 5.69 Å². The van der Waals surface area contributed by atoms with E-state index < -0.39 is 0 Å². The lowest BCUT2D eigenvalue weighted by atomic mass is 10.2. The van der Waals surface area contributed by atoms with E-state index in [9.17, 15) is 0 Å². The zero-order valence-electron chi connectivity index (χ0n) is 12.5. The maximum atomic E-state index is 4.15. The molecule has 6 heteroatoms. The van der Waals surface area contributed by atoms with Gasteiger partial charge in [0.05, 0.1) is 6.54 Å². The van der Waals surface area contributed by atoms with Crippen LogP contribution in [0.2, 0.25) is 0 Å². The molecule has 2 heterocycles. The molecule has 0 spiro atoms. The normalized spacial score (nSPS) is 16.3. The first-order valence-corrected chi connectivity index (χ1v) is 7.64. The number of aromatic nitrogens is 4. The van der Waals surface area contributed by atoms with Crippen LogP contribution in [-0.2, 0) is 13.1 Å². The Labute approximate surface area is 125 Å². The molecule has 0 bridgehead atoms. The first-order chi connectivity index (χ1) is 10.4. The summed E-state index contributed by atoms with van der Waals surface area (Å²) in [5.41, 5.74) is 1.31. The first kappa shape index (κ1) is 14.0. The molecule has 1 aliphatic rings. The number of rotatable bonds is 5. The zero-order valence-corrected chi connectivity index (χ0v) is 12.5. The Morgan fingerprint density at radius 2 is 1.81 bits per heavy atom. The van der Waals surface area contributed by atoms with Gasteiger partial charge in [0.25, 0.3) is 0 Å². The van der Waals surface area contributed by atoms with Crippen molar-refractivity contribution in [1.29, 1.82) is 0 Å². The van der Waals surface area contributed by atoms with E-state index >= 15 is 0 Å². The summed E-state index contributed by atoms with van der Waals surface area (Å²) in [6, 6.07) is 10.6. The molecule has 0 aliphatic carbocycles. The quantitative estimate of drug-likeness (QED) is 0.831. The maximum Gasteiger partial charge on any atom is 0.165 e. The number of tetrazole rings is 1. The molecular formula is C15H22N6. The van der Waals surface area contributed by atoms with E-state index in [0.29, 0.717) is 0 Å². The molecule has 0 radical (unpaired) electrons. The molecule has 21 heavy (non-hydrogen) atoms. The predicted molar refractivity (Wildman–Crippen MR) is 82.0 cm³/mol. The molecular weight excluding hydrogens is 264 g/mol. The molecule has 1 aliphatic heterocycles. The summed E-state index contributed by atoms with van der Waals surface area (Å²) in [5.74, 6) is 0.977. The molecule has 0 N–H and O–H groups in total. The lowest BCUT2D eigenvalue weighted by Crippen LogP contribution is -2.46. The number of benzene rings is 1. The molecule has 1 saturated heterocycles. The summed E-state index contributed by atoms with van der Waals surface area (Å²) in [4.78, 5) is 4.86. The highest BCUT2D eigenvalue weighted by Gasteiger charge is 2.19. The number of nitrogens with zero attached hydrogens (tertiary/aromatic N) is 6. The van der Waals surface area contributed by atoms with Crippen LogP contribution >= 0.6 is 0 Å². The smallest absolute Gasteiger partial charge is 0.165 e. The Morgan fingerprint density at radius 1 is 1.05 bits per heavy atom. The van der Waals surface area contributed by atoms with Gasteiger partial charge in [-0.15, -0.1) is 5.10 Å². The van der Waals surface area contributed by atoms with E-state index in [0.717, 1.165) is 51.5 Å². The highest BCUT2D eigenvalue weighted by atomic mass is 15.5. The second-order valence-electron chi connectivity index (χ2n) is 5.42. The van der Waals surface area contributed by atoms with Crippen LogP contribution in [0.1, 0.15) is 19.2 Å². The van der Waals surface area contributed by atoms with Crippen molar-refractivity contribution in [2.75, 3.05) is 31.1 Å². The minimum absolute atomic E-state index is 0.843. The summed E-state index contributed by atoms with van der Waals surface area (Å²) in [6.07, 6.45) is 1.06. The largest absolute Gasteiger partial charge is 0.369 e. The van der Waals surface area contributed by atoms with Gasteiger partial charge in [-0.2, -0.15) is 0 Å². The highest BCUT2D eigenvalue weighted by Crippen LogP contribution is 2.16. The van der Waals surface area contributed by atoms with Gasteiger partial charge in [0.15, 0.2) is 5.82 Å². The minimum Gasteiger partial charge on any atom is -0.369 e. The molecule has 112 valence electrons. The Kier molecular flexibility index (Phi) is 4.45. The van der Waals surface area contributed by atoms with Crippen LogP contribution in [-0.4, -0.2) is 51.3 Å². The van der Waals surface area contributed by atoms with Crippen molar-refractivity contribution in [3.63, 3.8) is 0 Å². The number of para-hydroxylation sites is 1. The van der Waals surface area contributed by atoms with Gasteiger partial charge in [-0.25, -0.2) is 4.68 Å². The number of hydrogen-bond donors (Lipinski definition) is 0. The van der Waals surface area contributed by atoms with Crippen molar-refractivity contribution in [3.05, 3.63) is 36.2 Å². The van der Waals surface area contributed by atoms with Crippen LogP contribution < -0.4 is 4.90 Å².